The Morgan fingerprint density at radius 3 is 2.26 bits per heavy atom. The number of likely N-dealkylation sites (tertiary alicyclic amines) is 1. The molecule has 8 heteroatoms. The third kappa shape index (κ3) is 5.52. The minimum Gasteiger partial charge on any atom is -0.352 e. The van der Waals surface area contributed by atoms with Gasteiger partial charge in [0.25, 0.3) is 0 Å². The van der Waals surface area contributed by atoms with Gasteiger partial charge in [-0.1, -0.05) is 19.1 Å². The molecule has 7 nitrogen and oxygen atoms in total. The van der Waals surface area contributed by atoms with Crippen molar-refractivity contribution in [2.45, 2.75) is 44.0 Å². The minimum absolute atomic E-state index is 0.0115. The van der Waals surface area contributed by atoms with Gasteiger partial charge in [0, 0.05) is 46.1 Å². The van der Waals surface area contributed by atoms with Crippen molar-refractivity contribution in [3.63, 3.8) is 0 Å². The van der Waals surface area contributed by atoms with Crippen LogP contribution in [0.5, 0.6) is 0 Å². The molecule has 2 amide bonds. The molecule has 0 atom stereocenters. The van der Waals surface area contributed by atoms with Crippen molar-refractivity contribution in [1.82, 2.24) is 14.5 Å². The summed E-state index contributed by atoms with van der Waals surface area (Å²) < 4.78 is 25.3. The van der Waals surface area contributed by atoms with Gasteiger partial charge in [0.2, 0.25) is 21.8 Å². The van der Waals surface area contributed by atoms with Crippen LogP contribution in [0.1, 0.15) is 38.2 Å². The zero-order chi connectivity index (χ0) is 20.0. The van der Waals surface area contributed by atoms with Gasteiger partial charge < -0.3 is 10.2 Å². The standard InChI is InChI=1S/C19H29N3O4S/c1-4-5-18(23)22-12-10-16(11-13-22)19(24)20-14-15-6-8-17(9-7-15)27(25,26)21(2)3/h6-9,16H,4-5,10-14H2,1-3H3,(H,20,24). The lowest BCUT2D eigenvalue weighted by molar-refractivity contribution is -0.135. The van der Waals surface area contributed by atoms with E-state index in [4.69, 9.17) is 0 Å². The van der Waals surface area contributed by atoms with Crippen LogP contribution in [0.15, 0.2) is 29.2 Å². The van der Waals surface area contributed by atoms with Gasteiger partial charge in [-0.25, -0.2) is 12.7 Å². The van der Waals surface area contributed by atoms with Gasteiger partial charge in [-0.15, -0.1) is 0 Å². The molecular weight excluding hydrogens is 366 g/mol. The Labute approximate surface area is 161 Å². The fraction of sp³-hybridized carbons (Fsp3) is 0.579. The summed E-state index contributed by atoms with van der Waals surface area (Å²) in [5, 5.41) is 2.92. The first-order chi connectivity index (χ1) is 12.8. The number of carbonyl (C=O) groups is 2. The third-order valence-corrected chi connectivity index (χ3v) is 6.68. The van der Waals surface area contributed by atoms with Crippen LogP contribution >= 0.6 is 0 Å². The van der Waals surface area contributed by atoms with Crippen molar-refractivity contribution >= 4 is 21.8 Å². The molecule has 0 spiro atoms. The molecule has 1 heterocycles. The van der Waals surface area contributed by atoms with E-state index in [1.54, 1.807) is 24.3 Å². The van der Waals surface area contributed by atoms with Gasteiger partial charge in [-0.3, -0.25) is 9.59 Å². The Hall–Kier alpha value is -1.93. The Morgan fingerprint density at radius 1 is 1.15 bits per heavy atom. The highest BCUT2D eigenvalue weighted by Gasteiger charge is 2.26. The number of hydrogen-bond acceptors (Lipinski definition) is 4. The van der Waals surface area contributed by atoms with Crippen LogP contribution in [0.3, 0.4) is 0 Å². The molecule has 0 saturated carbocycles. The molecule has 1 aromatic rings. The predicted octanol–water partition coefficient (Wildman–Crippen LogP) is 1.59. The largest absolute Gasteiger partial charge is 0.352 e. The number of rotatable bonds is 7. The first kappa shape index (κ1) is 21.4. The Bertz CT molecular complexity index is 752. The molecular formula is C19H29N3O4S. The van der Waals surface area contributed by atoms with E-state index in [0.717, 1.165) is 12.0 Å². The van der Waals surface area contributed by atoms with Gasteiger partial charge in [-0.05, 0) is 37.0 Å². The average molecular weight is 396 g/mol. The van der Waals surface area contributed by atoms with Gasteiger partial charge >= 0.3 is 0 Å². The maximum Gasteiger partial charge on any atom is 0.242 e. The predicted molar refractivity (Wildman–Crippen MR) is 103 cm³/mol. The summed E-state index contributed by atoms with van der Waals surface area (Å²) in [6.45, 7) is 3.61. The van der Waals surface area contributed by atoms with Gasteiger partial charge in [0.05, 0.1) is 4.90 Å². The van der Waals surface area contributed by atoms with Crippen LogP contribution in [0.25, 0.3) is 0 Å². The molecule has 1 aliphatic rings. The molecule has 0 radical (unpaired) electrons. The van der Waals surface area contributed by atoms with Crippen molar-refractivity contribution in [3.05, 3.63) is 29.8 Å². The van der Waals surface area contributed by atoms with Crippen LogP contribution in [-0.2, 0) is 26.2 Å². The summed E-state index contributed by atoms with van der Waals surface area (Å²) in [5.41, 5.74) is 0.844. The number of hydrogen-bond donors (Lipinski definition) is 1. The summed E-state index contributed by atoms with van der Waals surface area (Å²) in [5.74, 6) is 0.0794. The molecule has 0 bridgehead atoms. The maximum absolute atomic E-state index is 12.4. The number of amides is 2. The molecule has 1 saturated heterocycles. The Morgan fingerprint density at radius 2 is 1.74 bits per heavy atom. The molecule has 1 N–H and O–H groups in total. The second-order valence-corrected chi connectivity index (χ2v) is 9.21. The molecule has 0 unspecified atom stereocenters. The second-order valence-electron chi connectivity index (χ2n) is 7.05. The van der Waals surface area contributed by atoms with E-state index < -0.39 is 10.0 Å². The van der Waals surface area contributed by atoms with Crippen molar-refractivity contribution in [1.29, 1.82) is 0 Å². The zero-order valence-corrected chi connectivity index (χ0v) is 17.1. The van der Waals surface area contributed by atoms with E-state index in [1.165, 1.54) is 18.4 Å². The topological polar surface area (TPSA) is 86.8 Å². The lowest BCUT2D eigenvalue weighted by Gasteiger charge is -2.31. The highest BCUT2D eigenvalue weighted by atomic mass is 32.2. The van der Waals surface area contributed by atoms with Crippen LogP contribution in [0.2, 0.25) is 0 Å². The Kier molecular flexibility index (Phi) is 7.38. The van der Waals surface area contributed by atoms with Crippen molar-refractivity contribution < 1.29 is 18.0 Å². The third-order valence-electron chi connectivity index (χ3n) is 4.85. The van der Waals surface area contributed by atoms with Gasteiger partial charge in [-0.2, -0.15) is 0 Å². The molecule has 1 aliphatic heterocycles. The van der Waals surface area contributed by atoms with E-state index in [2.05, 4.69) is 5.32 Å². The molecule has 2 rings (SSSR count). The summed E-state index contributed by atoms with van der Waals surface area (Å²) in [6.07, 6.45) is 2.77. The summed E-state index contributed by atoms with van der Waals surface area (Å²) in [6, 6.07) is 6.52. The zero-order valence-electron chi connectivity index (χ0n) is 16.3. The van der Waals surface area contributed by atoms with Crippen molar-refractivity contribution in [2.24, 2.45) is 5.92 Å². The number of nitrogens with zero attached hydrogens (tertiary/aromatic N) is 2. The Balaban J connectivity index is 1.83. The molecule has 150 valence electrons. The van der Waals surface area contributed by atoms with Crippen molar-refractivity contribution in [2.75, 3.05) is 27.2 Å². The summed E-state index contributed by atoms with van der Waals surface area (Å²) in [7, 11) is -0.463. The summed E-state index contributed by atoms with van der Waals surface area (Å²) in [4.78, 5) is 26.3. The molecule has 27 heavy (non-hydrogen) atoms. The number of carbonyl (C=O) groups excluding carboxylic acids is 2. The lowest BCUT2D eigenvalue weighted by Crippen LogP contribution is -2.42. The van der Waals surface area contributed by atoms with E-state index in [1.807, 2.05) is 11.8 Å². The minimum atomic E-state index is -3.44. The number of sulfonamides is 1. The average Bonchev–Trinajstić information content (AvgIpc) is 2.66. The van der Waals surface area contributed by atoms with Crippen LogP contribution in [0, 0.1) is 5.92 Å². The second kappa shape index (κ2) is 9.32. The monoisotopic (exact) mass is 395 g/mol. The SMILES string of the molecule is CCCC(=O)N1CCC(C(=O)NCc2ccc(S(=O)(=O)N(C)C)cc2)CC1. The molecule has 1 fully saturated rings. The van der Waals surface area contributed by atoms with Gasteiger partial charge in [0.15, 0.2) is 0 Å². The van der Waals surface area contributed by atoms with E-state index in [-0.39, 0.29) is 22.6 Å². The highest BCUT2D eigenvalue weighted by molar-refractivity contribution is 7.89. The van der Waals surface area contributed by atoms with Crippen LogP contribution in [0.4, 0.5) is 0 Å². The molecule has 0 aliphatic carbocycles. The maximum atomic E-state index is 12.4. The fourth-order valence-electron chi connectivity index (χ4n) is 3.09. The van der Waals surface area contributed by atoms with Crippen molar-refractivity contribution in [3.8, 4) is 0 Å². The van der Waals surface area contributed by atoms with E-state index in [0.29, 0.717) is 38.9 Å². The number of benzene rings is 1. The van der Waals surface area contributed by atoms with Crippen LogP contribution in [-0.4, -0.2) is 56.6 Å². The first-order valence-corrected chi connectivity index (χ1v) is 10.8. The molecule has 1 aromatic carbocycles. The smallest absolute Gasteiger partial charge is 0.242 e. The van der Waals surface area contributed by atoms with Gasteiger partial charge in [0.1, 0.15) is 0 Å². The highest BCUT2D eigenvalue weighted by Crippen LogP contribution is 2.19. The normalized spacial score (nSPS) is 15.8. The number of piperidine rings is 1. The number of nitrogens with one attached hydrogen (secondary N) is 1. The fourth-order valence-corrected chi connectivity index (χ4v) is 3.99. The van der Waals surface area contributed by atoms with E-state index >= 15 is 0 Å². The first-order valence-electron chi connectivity index (χ1n) is 9.32. The quantitative estimate of drug-likeness (QED) is 0.760. The molecule has 0 aromatic heterocycles. The van der Waals surface area contributed by atoms with E-state index in [9.17, 15) is 18.0 Å². The van der Waals surface area contributed by atoms with Crippen LogP contribution < -0.4 is 5.32 Å². The summed E-state index contributed by atoms with van der Waals surface area (Å²) >= 11 is 0. The lowest BCUT2D eigenvalue weighted by atomic mass is 9.95.